The number of piperidine rings is 2. The highest BCUT2D eigenvalue weighted by atomic mass is 35.5. The Bertz CT molecular complexity index is 1600. The number of benzene rings is 2. The Morgan fingerprint density at radius 1 is 1.00 bits per heavy atom. The van der Waals surface area contributed by atoms with Crippen molar-refractivity contribution in [3.63, 3.8) is 0 Å². The van der Waals surface area contributed by atoms with E-state index in [0.29, 0.717) is 53.3 Å². The third-order valence-corrected chi connectivity index (χ3v) is 11.5. The van der Waals surface area contributed by atoms with Crippen LogP contribution in [0.1, 0.15) is 43.7 Å². The van der Waals surface area contributed by atoms with Crippen molar-refractivity contribution >= 4 is 35.6 Å². The lowest BCUT2D eigenvalue weighted by molar-refractivity contribution is -0.956. The summed E-state index contributed by atoms with van der Waals surface area (Å²) >= 11 is 12.6. The topological polar surface area (TPSA) is 105 Å². The maximum Gasteiger partial charge on any atom is 0.326 e. The van der Waals surface area contributed by atoms with E-state index in [4.69, 9.17) is 23.2 Å². The van der Waals surface area contributed by atoms with E-state index in [1.807, 2.05) is 36.5 Å². The number of hydrogen-bond acceptors (Lipinski definition) is 7. The average molecular weight is 670 g/mol. The van der Waals surface area contributed by atoms with Gasteiger partial charge in [-0.25, -0.2) is 4.79 Å². The molecule has 0 radical (unpaired) electrons. The number of carbonyl (C=O) groups excluding carboxylic acids is 2. The van der Waals surface area contributed by atoms with Crippen LogP contribution in [0.15, 0.2) is 59.5 Å². The zero-order valence-corrected chi connectivity index (χ0v) is 27.8. The minimum atomic E-state index is -1.24. The SMILES string of the molecule is CN1CCN(C2CCN(C3(CC=O)CC(n4cc(-c5ccccc5)[nH]c4=O)CC[N@+]3(Cc3ccc(Cl)c(Cl)c3)C(=O)[O-])CC2)CC1. The average Bonchev–Trinajstić information content (AvgIpc) is 3.46. The van der Waals surface area contributed by atoms with Gasteiger partial charge in [0, 0.05) is 69.9 Å². The molecule has 1 amide bonds. The van der Waals surface area contributed by atoms with E-state index in [1.165, 1.54) is 0 Å². The Labute approximate surface area is 279 Å². The molecule has 1 N–H and O–H groups in total. The summed E-state index contributed by atoms with van der Waals surface area (Å²) in [5.41, 5.74) is 0.882. The second-order valence-electron chi connectivity index (χ2n) is 13.2. The lowest BCUT2D eigenvalue weighted by Gasteiger charge is -2.61. The van der Waals surface area contributed by atoms with Gasteiger partial charge in [-0.2, -0.15) is 0 Å². The molecule has 3 aliphatic rings. The number of likely N-dealkylation sites (tertiary alicyclic amines) is 2. The van der Waals surface area contributed by atoms with Crippen molar-refractivity contribution < 1.29 is 19.2 Å². The molecule has 3 fully saturated rings. The van der Waals surface area contributed by atoms with Gasteiger partial charge in [0.15, 0.2) is 5.66 Å². The summed E-state index contributed by atoms with van der Waals surface area (Å²) in [6.45, 7) is 5.63. The molecule has 3 aliphatic heterocycles. The number of quaternary nitrogens is 1. The Morgan fingerprint density at radius 2 is 1.72 bits per heavy atom. The van der Waals surface area contributed by atoms with E-state index in [1.54, 1.807) is 22.8 Å². The molecule has 246 valence electrons. The Morgan fingerprint density at radius 3 is 2.37 bits per heavy atom. The summed E-state index contributed by atoms with van der Waals surface area (Å²) in [5, 5.41) is 14.3. The maximum absolute atomic E-state index is 13.6. The number of halogens is 2. The van der Waals surface area contributed by atoms with E-state index in [9.17, 15) is 19.5 Å². The third-order valence-electron chi connectivity index (χ3n) is 10.7. The Balaban J connectivity index is 1.38. The van der Waals surface area contributed by atoms with Crippen LogP contribution in [0.5, 0.6) is 0 Å². The summed E-state index contributed by atoms with van der Waals surface area (Å²) in [4.78, 5) is 49.7. The molecule has 6 rings (SSSR count). The number of nitrogens with zero attached hydrogens (tertiary/aromatic N) is 5. The van der Waals surface area contributed by atoms with Gasteiger partial charge >= 0.3 is 5.69 Å². The molecule has 0 aliphatic carbocycles. The number of hydrogen-bond donors (Lipinski definition) is 1. The first-order chi connectivity index (χ1) is 22.2. The maximum atomic E-state index is 13.6. The molecule has 0 bridgehead atoms. The quantitative estimate of drug-likeness (QED) is 0.287. The number of aromatic nitrogens is 2. The number of imidazole rings is 1. The van der Waals surface area contributed by atoms with Gasteiger partial charge in [-0.3, -0.25) is 18.8 Å². The van der Waals surface area contributed by atoms with Gasteiger partial charge in [0.05, 0.1) is 34.7 Å². The molecule has 2 unspecified atom stereocenters. The molecule has 3 aromatic rings. The molecule has 2 aromatic carbocycles. The summed E-state index contributed by atoms with van der Waals surface area (Å²) in [6.07, 6.45) is 3.88. The summed E-state index contributed by atoms with van der Waals surface area (Å²) in [7, 11) is 2.15. The van der Waals surface area contributed by atoms with Crippen LogP contribution in [-0.4, -0.2) is 106 Å². The molecular weight excluding hydrogens is 627 g/mol. The van der Waals surface area contributed by atoms with Gasteiger partial charge in [-0.05, 0) is 37.6 Å². The van der Waals surface area contributed by atoms with Crippen molar-refractivity contribution in [3.8, 4) is 11.3 Å². The number of carboxylic acid groups (broad SMARTS) is 1. The molecule has 0 spiro atoms. The summed E-state index contributed by atoms with van der Waals surface area (Å²) in [6, 6.07) is 14.9. The predicted molar refractivity (Wildman–Crippen MR) is 177 cm³/mol. The number of rotatable bonds is 8. The van der Waals surface area contributed by atoms with Crippen LogP contribution in [0.3, 0.4) is 0 Å². The second-order valence-corrected chi connectivity index (χ2v) is 14.0. The number of likely N-dealkylation sites (N-methyl/N-ethyl adjacent to an activating group) is 1. The summed E-state index contributed by atoms with van der Waals surface area (Å²) < 4.78 is 1.24. The van der Waals surface area contributed by atoms with Gasteiger partial charge in [0.25, 0.3) is 6.09 Å². The number of carbonyl (C=O) groups is 2. The van der Waals surface area contributed by atoms with Crippen molar-refractivity contribution in [2.24, 2.45) is 0 Å². The molecule has 12 heteroatoms. The van der Waals surface area contributed by atoms with Crippen molar-refractivity contribution in [1.29, 1.82) is 0 Å². The first kappa shape index (κ1) is 32.9. The monoisotopic (exact) mass is 668 g/mol. The predicted octanol–water partition coefficient (Wildman–Crippen LogP) is 3.84. The molecule has 3 saturated heterocycles. The van der Waals surface area contributed by atoms with Crippen LogP contribution < -0.4 is 10.8 Å². The molecule has 46 heavy (non-hydrogen) atoms. The highest BCUT2D eigenvalue weighted by Crippen LogP contribution is 2.47. The van der Waals surface area contributed by atoms with Crippen molar-refractivity contribution in [2.45, 2.75) is 56.4 Å². The second kappa shape index (κ2) is 13.6. The van der Waals surface area contributed by atoms with Crippen LogP contribution in [0.2, 0.25) is 10.0 Å². The van der Waals surface area contributed by atoms with Crippen LogP contribution in [0, 0.1) is 0 Å². The van der Waals surface area contributed by atoms with Crippen LogP contribution >= 0.6 is 23.2 Å². The van der Waals surface area contributed by atoms with Crippen LogP contribution in [0.25, 0.3) is 11.3 Å². The minimum Gasteiger partial charge on any atom is -0.498 e. The van der Waals surface area contributed by atoms with E-state index >= 15 is 0 Å². The number of aldehydes is 1. The van der Waals surface area contributed by atoms with Crippen molar-refractivity contribution in [3.05, 3.63) is 80.8 Å². The highest BCUT2D eigenvalue weighted by molar-refractivity contribution is 6.42. The van der Waals surface area contributed by atoms with E-state index in [2.05, 4.69) is 26.7 Å². The molecule has 10 nitrogen and oxygen atoms in total. The molecule has 4 heterocycles. The zero-order chi connectivity index (χ0) is 32.5. The molecular formula is C34H42Cl2N6O4. The third kappa shape index (κ3) is 6.19. The summed E-state index contributed by atoms with van der Waals surface area (Å²) in [5.74, 6) is 0. The standard InChI is InChI=1S/C34H42Cl2N6O4/c1-38-15-17-39(18-16-38)27-9-13-40(14-10-27)34(12-20-43)22-28(41-23-31(37-32(41)44)26-5-3-2-4-6-26)11-19-42(34,33(45)46)24-25-7-8-29(35)30(36)21-25/h2-8,20-21,23,27-28H,9-19,22,24H2,1H3,(H-,37,44,45,46)/t28?,34?,42-/m0/s1. The smallest absolute Gasteiger partial charge is 0.326 e. The largest absolute Gasteiger partial charge is 0.498 e. The van der Waals surface area contributed by atoms with Crippen LogP contribution in [0.4, 0.5) is 4.79 Å². The minimum absolute atomic E-state index is 0.0112. The fraction of sp³-hybridized carbons (Fsp3) is 0.500. The number of H-pyrrole nitrogens is 1. The molecule has 0 saturated carbocycles. The number of amides is 1. The fourth-order valence-corrected chi connectivity index (χ4v) is 8.49. The van der Waals surface area contributed by atoms with Crippen molar-refractivity contribution in [1.82, 2.24) is 24.3 Å². The van der Waals surface area contributed by atoms with E-state index in [-0.39, 0.29) is 31.2 Å². The van der Waals surface area contributed by atoms with Gasteiger partial charge in [-0.15, -0.1) is 0 Å². The normalized spacial score (nSPS) is 27.1. The van der Waals surface area contributed by atoms with E-state index < -0.39 is 16.2 Å². The van der Waals surface area contributed by atoms with E-state index in [0.717, 1.165) is 50.9 Å². The lowest BCUT2D eigenvalue weighted by atomic mass is 9.82. The number of nitrogens with one attached hydrogen (secondary N) is 1. The first-order valence-corrected chi connectivity index (χ1v) is 16.9. The van der Waals surface area contributed by atoms with Gasteiger partial charge < -0.3 is 24.6 Å². The zero-order valence-electron chi connectivity index (χ0n) is 26.2. The number of piperazine rings is 1. The first-order valence-electron chi connectivity index (χ1n) is 16.2. The van der Waals surface area contributed by atoms with Gasteiger partial charge in [-0.1, -0.05) is 59.6 Å². The van der Waals surface area contributed by atoms with Crippen molar-refractivity contribution in [2.75, 3.05) is 52.9 Å². The van der Waals surface area contributed by atoms with Gasteiger partial charge in [0.2, 0.25) is 0 Å². The Hall–Kier alpha value is -2.99. The highest BCUT2D eigenvalue weighted by Gasteiger charge is 2.60. The fourth-order valence-electron chi connectivity index (χ4n) is 8.17. The molecule has 1 aromatic heterocycles. The molecule has 3 atom stereocenters. The van der Waals surface area contributed by atoms with Gasteiger partial charge in [0.1, 0.15) is 12.8 Å². The Kier molecular flexibility index (Phi) is 9.75. The van der Waals surface area contributed by atoms with Crippen LogP contribution in [-0.2, 0) is 11.3 Å². The number of aromatic amines is 1. The lowest BCUT2D eigenvalue weighted by Crippen LogP contribution is -2.79.